The number of rotatable bonds is 4. The van der Waals surface area contributed by atoms with Gasteiger partial charge in [-0.3, -0.25) is 0 Å². The van der Waals surface area contributed by atoms with E-state index in [0.29, 0.717) is 12.8 Å². The fraction of sp³-hybridized carbons (Fsp3) is 0.529. The number of alkyl carbamates (subject to hydrolysis) is 1. The standard InChI is InChI=1S/C17H23NO4/c1-12-8-13(2)10-17(9-12,15(19)20)18-16(21)22-11-14-6-4-3-5-7-14/h3-7,12-13H,8-11H2,1-2H3,(H,18,21)(H,19,20)/t12-,13-/m1/s1. The number of hydrogen-bond donors (Lipinski definition) is 2. The lowest BCUT2D eigenvalue weighted by Crippen LogP contribution is -2.58. The van der Waals surface area contributed by atoms with Gasteiger partial charge in [0, 0.05) is 0 Å². The Hall–Kier alpha value is -2.04. The van der Waals surface area contributed by atoms with E-state index in [1.54, 1.807) is 0 Å². The summed E-state index contributed by atoms with van der Waals surface area (Å²) in [6, 6.07) is 9.31. The minimum absolute atomic E-state index is 0.132. The quantitative estimate of drug-likeness (QED) is 0.895. The van der Waals surface area contributed by atoms with Crippen molar-refractivity contribution in [3.63, 3.8) is 0 Å². The van der Waals surface area contributed by atoms with Crippen molar-refractivity contribution in [3.8, 4) is 0 Å². The minimum Gasteiger partial charge on any atom is -0.480 e. The largest absolute Gasteiger partial charge is 0.480 e. The van der Waals surface area contributed by atoms with Gasteiger partial charge in [-0.2, -0.15) is 0 Å². The molecule has 0 heterocycles. The van der Waals surface area contributed by atoms with Crippen molar-refractivity contribution >= 4 is 12.1 Å². The number of hydrogen-bond acceptors (Lipinski definition) is 3. The summed E-state index contributed by atoms with van der Waals surface area (Å²) in [5, 5.41) is 12.2. The molecule has 5 heteroatoms. The maximum Gasteiger partial charge on any atom is 0.408 e. The molecule has 0 unspecified atom stereocenters. The number of carboxylic acid groups (broad SMARTS) is 1. The summed E-state index contributed by atoms with van der Waals surface area (Å²) in [6.45, 7) is 4.17. The maximum absolute atomic E-state index is 12.0. The van der Waals surface area contributed by atoms with Crippen molar-refractivity contribution in [2.45, 2.75) is 45.3 Å². The second kappa shape index (κ2) is 6.81. The number of aliphatic carboxylic acids is 1. The van der Waals surface area contributed by atoms with Gasteiger partial charge in [0.05, 0.1) is 0 Å². The van der Waals surface area contributed by atoms with Gasteiger partial charge >= 0.3 is 12.1 Å². The van der Waals surface area contributed by atoms with E-state index in [1.165, 1.54) is 0 Å². The van der Waals surface area contributed by atoms with Crippen LogP contribution in [0.3, 0.4) is 0 Å². The number of carbonyl (C=O) groups is 2. The van der Waals surface area contributed by atoms with Crippen LogP contribution in [-0.2, 0) is 16.1 Å². The zero-order valence-electron chi connectivity index (χ0n) is 13.0. The predicted molar refractivity (Wildman–Crippen MR) is 82.3 cm³/mol. The summed E-state index contributed by atoms with van der Waals surface area (Å²) in [4.78, 5) is 23.7. The first-order valence-corrected chi connectivity index (χ1v) is 7.63. The number of carbonyl (C=O) groups excluding carboxylic acids is 1. The highest BCUT2D eigenvalue weighted by atomic mass is 16.5. The first kappa shape index (κ1) is 16.3. The van der Waals surface area contributed by atoms with Crippen molar-refractivity contribution in [2.24, 2.45) is 11.8 Å². The van der Waals surface area contributed by atoms with E-state index in [0.717, 1.165) is 12.0 Å². The van der Waals surface area contributed by atoms with Crippen molar-refractivity contribution in [3.05, 3.63) is 35.9 Å². The average Bonchev–Trinajstić information content (AvgIpc) is 2.45. The number of nitrogens with one attached hydrogen (secondary N) is 1. The summed E-state index contributed by atoms with van der Waals surface area (Å²) >= 11 is 0. The highest BCUT2D eigenvalue weighted by Crippen LogP contribution is 2.36. The van der Waals surface area contributed by atoms with Crippen LogP contribution in [0.4, 0.5) is 4.79 Å². The number of amides is 1. The van der Waals surface area contributed by atoms with E-state index >= 15 is 0 Å². The highest BCUT2D eigenvalue weighted by molar-refractivity contribution is 5.84. The Morgan fingerprint density at radius 1 is 1.23 bits per heavy atom. The minimum atomic E-state index is -1.22. The monoisotopic (exact) mass is 305 g/mol. The predicted octanol–water partition coefficient (Wildman–Crippen LogP) is 3.19. The maximum atomic E-state index is 12.0. The molecule has 22 heavy (non-hydrogen) atoms. The van der Waals surface area contributed by atoms with Gasteiger partial charge in [-0.25, -0.2) is 9.59 Å². The number of ether oxygens (including phenoxy) is 1. The SMILES string of the molecule is C[C@@H]1C[C@@H](C)CC(NC(=O)OCc2ccccc2)(C(=O)O)C1. The zero-order valence-corrected chi connectivity index (χ0v) is 13.0. The van der Waals surface area contributed by atoms with Gasteiger partial charge in [0.1, 0.15) is 12.1 Å². The summed E-state index contributed by atoms with van der Waals surface area (Å²) in [6.07, 6.45) is 1.18. The lowest BCUT2D eigenvalue weighted by molar-refractivity contribution is -0.147. The first-order valence-electron chi connectivity index (χ1n) is 7.63. The second-order valence-electron chi connectivity index (χ2n) is 6.43. The Bertz CT molecular complexity index is 519. The van der Waals surface area contributed by atoms with Gasteiger partial charge < -0.3 is 15.2 Å². The molecular formula is C17H23NO4. The van der Waals surface area contributed by atoms with Crippen molar-refractivity contribution in [2.75, 3.05) is 0 Å². The molecule has 1 amide bonds. The molecule has 0 radical (unpaired) electrons. The van der Waals surface area contributed by atoms with Crippen molar-refractivity contribution in [1.29, 1.82) is 0 Å². The molecule has 0 saturated heterocycles. The van der Waals surface area contributed by atoms with Crippen LogP contribution in [0.5, 0.6) is 0 Å². The van der Waals surface area contributed by atoms with Crippen LogP contribution in [-0.4, -0.2) is 22.7 Å². The third kappa shape index (κ3) is 4.00. The summed E-state index contributed by atoms with van der Waals surface area (Å²) < 4.78 is 5.16. The van der Waals surface area contributed by atoms with Gasteiger partial charge in [0.2, 0.25) is 0 Å². The lowest BCUT2D eigenvalue weighted by atomic mass is 9.71. The molecule has 5 nitrogen and oxygen atoms in total. The Labute approximate surface area is 130 Å². The third-order valence-corrected chi connectivity index (χ3v) is 4.16. The molecule has 0 bridgehead atoms. The number of benzene rings is 1. The molecule has 1 fully saturated rings. The molecule has 1 saturated carbocycles. The Kier molecular flexibility index (Phi) is 5.06. The van der Waals surface area contributed by atoms with Crippen molar-refractivity contribution in [1.82, 2.24) is 5.32 Å². The van der Waals surface area contributed by atoms with Crippen molar-refractivity contribution < 1.29 is 19.4 Å². The highest BCUT2D eigenvalue weighted by Gasteiger charge is 2.45. The van der Waals surface area contributed by atoms with Gasteiger partial charge in [0.15, 0.2) is 0 Å². The Morgan fingerprint density at radius 3 is 2.36 bits per heavy atom. The second-order valence-corrected chi connectivity index (χ2v) is 6.43. The smallest absolute Gasteiger partial charge is 0.408 e. The molecule has 1 aromatic rings. The fourth-order valence-electron chi connectivity index (χ4n) is 3.41. The van der Waals surface area contributed by atoms with E-state index in [4.69, 9.17) is 4.74 Å². The molecule has 1 aliphatic carbocycles. The molecule has 0 aliphatic heterocycles. The van der Waals surface area contributed by atoms with E-state index in [-0.39, 0.29) is 18.4 Å². The normalized spacial score (nSPS) is 27.9. The number of carboxylic acids is 1. The van der Waals surface area contributed by atoms with Crippen LogP contribution in [0.25, 0.3) is 0 Å². The summed E-state index contributed by atoms with van der Waals surface area (Å²) in [7, 11) is 0. The van der Waals surface area contributed by atoms with Gasteiger partial charge in [0.25, 0.3) is 0 Å². The van der Waals surface area contributed by atoms with Crippen LogP contribution < -0.4 is 5.32 Å². The zero-order chi connectivity index (χ0) is 16.2. The summed E-state index contributed by atoms with van der Waals surface area (Å²) in [5.41, 5.74) is -0.349. The van der Waals surface area contributed by atoms with Gasteiger partial charge in [-0.1, -0.05) is 44.2 Å². The van der Waals surface area contributed by atoms with Crippen LogP contribution in [0, 0.1) is 11.8 Å². The Balaban J connectivity index is 1.99. The van der Waals surface area contributed by atoms with Crippen LogP contribution in [0.2, 0.25) is 0 Å². The molecule has 0 aromatic heterocycles. The van der Waals surface area contributed by atoms with Crippen LogP contribution in [0.1, 0.15) is 38.7 Å². The topological polar surface area (TPSA) is 75.6 Å². The molecule has 2 rings (SSSR count). The van der Waals surface area contributed by atoms with Gasteiger partial charge in [-0.05, 0) is 36.7 Å². The molecule has 1 aliphatic rings. The molecule has 2 N–H and O–H groups in total. The third-order valence-electron chi connectivity index (χ3n) is 4.16. The van der Waals surface area contributed by atoms with E-state index < -0.39 is 17.6 Å². The lowest BCUT2D eigenvalue weighted by Gasteiger charge is -2.39. The molecule has 1 aromatic carbocycles. The molecule has 120 valence electrons. The average molecular weight is 305 g/mol. The molecule has 0 spiro atoms. The molecule has 2 atom stereocenters. The van der Waals surface area contributed by atoms with Crippen LogP contribution >= 0.6 is 0 Å². The van der Waals surface area contributed by atoms with E-state index in [2.05, 4.69) is 5.32 Å². The van der Waals surface area contributed by atoms with Gasteiger partial charge in [-0.15, -0.1) is 0 Å². The Morgan fingerprint density at radius 2 is 1.82 bits per heavy atom. The van der Waals surface area contributed by atoms with E-state index in [1.807, 2.05) is 44.2 Å². The van der Waals surface area contributed by atoms with E-state index in [9.17, 15) is 14.7 Å². The molecular weight excluding hydrogens is 282 g/mol. The van der Waals surface area contributed by atoms with Crippen LogP contribution in [0.15, 0.2) is 30.3 Å². The fourth-order valence-corrected chi connectivity index (χ4v) is 3.41. The summed E-state index contributed by atoms with van der Waals surface area (Å²) in [5.74, 6) is -0.467. The first-order chi connectivity index (χ1) is 10.4.